The highest BCUT2D eigenvalue weighted by Gasteiger charge is 2.18. The summed E-state index contributed by atoms with van der Waals surface area (Å²) in [4.78, 5) is 22.8. The van der Waals surface area contributed by atoms with E-state index in [4.69, 9.17) is 11.6 Å². The second kappa shape index (κ2) is 7.59. The molecular formula is C15H25ClN4O. The zero-order valence-corrected chi connectivity index (χ0v) is 14.5. The third kappa shape index (κ3) is 4.84. The van der Waals surface area contributed by atoms with Crippen molar-refractivity contribution in [3.63, 3.8) is 0 Å². The molecule has 1 rings (SSSR count). The average molecular weight is 313 g/mol. The normalized spacial score (nSPS) is 11.1. The van der Waals surface area contributed by atoms with Crippen LogP contribution < -0.4 is 10.2 Å². The van der Waals surface area contributed by atoms with E-state index in [1.807, 2.05) is 46.4 Å². The number of hydrogen-bond acceptors (Lipinski definition) is 4. The molecule has 0 unspecified atom stereocenters. The van der Waals surface area contributed by atoms with Crippen molar-refractivity contribution in [2.24, 2.45) is 0 Å². The molecule has 0 saturated heterocycles. The van der Waals surface area contributed by atoms with Gasteiger partial charge in [-0.05, 0) is 27.7 Å². The summed E-state index contributed by atoms with van der Waals surface area (Å²) < 4.78 is 0. The summed E-state index contributed by atoms with van der Waals surface area (Å²) >= 11 is 6.21. The molecule has 118 valence electrons. The topological polar surface area (TPSA) is 58.1 Å². The Morgan fingerprint density at radius 2 is 1.90 bits per heavy atom. The molecule has 0 aliphatic rings. The van der Waals surface area contributed by atoms with Gasteiger partial charge in [-0.2, -0.15) is 0 Å². The number of likely N-dealkylation sites (N-methyl/N-ethyl adjacent to an activating group) is 1. The maximum atomic E-state index is 12.0. The molecule has 1 heterocycles. The van der Waals surface area contributed by atoms with Crippen LogP contribution in [0.2, 0.25) is 5.15 Å². The van der Waals surface area contributed by atoms with Gasteiger partial charge in [0, 0.05) is 24.1 Å². The highest BCUT2D eigenvalue weighted by atomic mass is 35.5. The summed E-state index contributed by atoms with van der Waals surface area (Å²) in [5.74, 6) is 1.60. The lowest BCUT2D eigenvalue weighted by atomic mass is 10.2. The Bertz CT molecular complexity index is 503. The van der Waals surface area contributed by atoms with Crippen LogP contribution in [0.1, 0.15) is 51.9 Å². The van der Waals surface area contributed by atoms with Gasteiger partial charge in [-0.25, -0.2) is 9.97 Å². The number of hydrogen-bond donors (Lipinski definition) is 1. The van der Waals surface area contributed by atoms with E-state index >= 15 is 0 Å². The Labute approximate surface area is 132 Å². The Kier molecular flexibility index (Phi) is 6.40. The van der Waals surface area contributed by atoms with Crippen LogP contribution in [0, 0.1) is 6.92 Å². The highest BCUT2D eigenvalue weighted by Crippen LogP contribution is 2.25. The molecule has 0 bridgehead atoms. The Morgan fingerprint density at radius 1 is 1.29 bits per heavy atom. The first-order valence-electron chi connectivity index (χ1n) is 7.34. The van der Waals surface area contributed by atoms with Crippen molar-refractivity contribution in [1.82, 2.24) is 15.3 Å². The van der Waals surface area contributed by atoms with Crippen LogP contribution in [0.4, 0.5) is 5.82 Å². The number of halogens is 1. The van der Waals surface area contributed by atoms with E-state index in [-0.39, 0.29) is 24.4 Å². The first kappa shape index (κ1) is 17.7. The fraction of sp³-hybridized carbons (Fsp3) is 0.667. The number of amides is 1. The van der Waals surface area contributed by atoms with E-state index in [1.54, 1.807) is 0 Å². The molecule has 1 amide bonds. The maximum absolute atomic E-state index is 12.0. The van der Waals surface area contributed by atoms with E-state index in [9.17, 15) is 4.79 Å². The molecule has 5 nitrogen and oxygen atoms in total. The zero-order valence-electron chi connectivity index (χ0n) is 13.7. The largest absolute Gasteiger partial charge is 0.352 e. The summed E-state index contributed by atoms with van der Waals surface area (Å²) in [6, 6.07) is 0.123. The van der Waals surface area contributed by atoms with E-state index in [2.05, 4.69) is 15.3 Å². The van der Waals surface area contributed by atoms with Crippen molar-refractivity contribution in [3.8, 4) is 0 Å². The van der Waals surface area contributed by atoms with Gasteiger partial charge in [0.1, 0.15) is 16.8 Å². The first-order chi connectivity index (χ1) is 9.76. The average Bonchev–Trinajstić information content (AvgIpc) is 2.38. The first-order valence-corrected chi connectivity index (χ1v) is 7.72. The smallest absolute Gasteiger partial charge is 0.239 e. The van der Waals surface area contributed by atoms with Crippen LogP contribution in [0.25, 0.3) is 0 Å². The molecule has 0 spiro atoms. The van der Waals surface area contributed by atoms with Crippen LogP contribution in [0.5, 0.6) is 0 Å². The van der Waals surface area contributed by atoms with E-state index in [1.165, 1.54) is 0 Å². The fourth-order valence-corrected chi connectivity index (χ4v) is 2.11. The Morgan fingerprint density at radius 3 is 2.38 bits per heavy atom. The number of rotatable bonds is 6. The van der Waals surface area contributed by atoms with Crippen molar-refractivity contribution in [2.75, 3.05) is 18.0 Å². The van der Waals surface area contributed by atoms with Crippen molar-refractivity contribution in [3.05, 3.63) is 16.5 Å². The van der Waals surface area contributed by atoms with Gasteiger partial charge in [0.25, 0.3) is 0 Å². The van der Waals surface area contributed by atoms with Crippen molar-refractivity contribution in [2.45, 2.75) is 53.5 Å². The van der Waals surface area contributed by atoms with Gasteiger partial charge in [-0.3, -0.25) is 4.79 Å². The quantitative estimate of drug-likeness (QED) is 0.821. The van der Waals surface area contributed by atoms with Gasteiger partial charge >= 0.3 is 0 Å². The lowest BCUT2D eigenvalue weighted by Crippen LogP contribution is -2.40. The maximum Gasteiger partial charge on any atom is 0.239 e. The Balaban J connectivity index is 3.07. The van der Waals surface area contributed by atoms with Gasteiger partial charge in [-0.15, -0.1) is 0 Å². The summed E-state index contributed by atoms with van der Waals surface area (Å²) in [6.45, 7) is 12.7. The SMILES string of the molecule is CCN(CC(=O)NC(C)C)c1nc(C(C)C)nc(Cl)c1C. The van der Waals surface area contributed by atoms with Crippen LogP contribution in [-0.4, -0.2) is 35.0 Å². The molecule has 1 N–H and O–H groups in total. The van der Waals surface area contributed by atoms with Gasteiger partial charge in [0.15, 0.2) is 0 Å². The molecule has 0 fully saturated rings. The number of carbonyl (C=O) groups excluding carboxylic acids is 1. The molecule has 0 aromatic carbocycles. The van der Waals surface area contributed by atoms with Gasteiger partial charge in [0.2, 0.25) is 5.91 Å². The minimum absolute atomic E-state index is 0.0212. The lowest BCUT2D eigenvalue weighted by Gasteiger charge is -2.24. The molecular weight excluding hydrogens is 288 g/mol. The summed E-state index contributed by atoms with van der Waals surface area (Å²) in [5.41, 5.74) is 0.806. The van der Waals surface area contributed by atoms with Gasteiger partial charge in [0.05, 0.1) is 6.54 Å². The van der Waals surface area contributed by atoms with Crippen molar-refractivity contribution >= 4 is 23.3 Å². The van der Waals surface area contributed by atoms with E-state index < -0.39 is 0 Å². The third-order valence-corrected chi connectivity index (χ3v) is 3.43. The van der Waals surface area contributed by atoms with Crippen LogP contribution in [0.3, 0.4) is 0 Å². The number of nitrogens with one attached hydrogen (secondary N) is 1. The molecule has 0 aliphatic carbocycles. The molecule has 1 aromatic rings. The second-order valence-electron chi connectivity index (χ2n) is 5.71. The predicted octanol–water partition coefficient (Wildman–Crippen LogP) is 2.91. The van der Waals surface area contributed by atoms with Crippen LogP contribution >= 0.6 is 11.6 Å². The predicted molar refractivity (Wildman–Crippen MR) is 87.0 cm³/mol. The number of anilines is 1. The summed E-state index contributed by atoms with van der Waals surface area (Å²) in [6.07, 6.45) is 0. The van der Waals surface area contributed by atoms with Gasteiger partial charge in [-0.1, -0.05) is 25.4 Å². The molecule has 21 heavy (non-hydrogen) atoms. The fourth-order valence-electron chi connectivity index (χ4n) is 1.94. The van der Waals surface area contributed by atoms with E-state index in [0.717, 1.165) is 11.4 Å². The van der Waals surface area contributed by atoms with Gasteiger partial charge < -0.3 is 10.2 Å². The van der Waals surface area contributed by atoms with Crippen molar-refractivity contribution in [1.29, 1.82) is 0 Å². The zero-order chi connectivity index (χ0) is 16.2. The molecule has 0 aliphatic heterocycles. The van der Waals surface area contributed by atoms with Crippen molar-refractivity contribution < 1.29 is 4.79 Å². The molecule has 6 heteroatoms. The van der Waals surface area contributed by atoms with Crippen LogP contribution in [0.15, 0.2) is 0 Å². The number of aromatic nitrogens is 2. The summed E-state index contributed by atoms with van der Waals surface area (Å²) in [5, 5.41) is 3.34. The third-order valence-electron chi connectivity index (χ3n) is 3.06. The molecule has 0 atom stereocenters. The highest BCUT2D eigenvalue weighted by molar-refractivity contribution is 6.30. The minimum Gasteiger partial charge on any atom is -0.352 e. The monoisotopic (exact) mass is 312 g/mol. The summed E-state index contributed by atoms with van der Waals surface area (Å²) in [7, 11) is 0. The number of carbonyl (C=O) groups is 1. The molecule has 0 saturated carbocycles. The molecule has 0 radical (unpaired) electrons. The van der Waals surface area contributed by atoms with E-state index in [0.29, 0.717) is 17.5 Å². The molecule has 1 aromatic heterocycles. The second-order valence-corrected chi connectivity index (χ2v) is 6.07. The minimum atomic E-state index is -0.0212. The van der Waals surface area contributed by atoms with Crippen LogP contribution in [-0.2, 0) is 4.79 Å². The number of nitrogens with zero attached hydrogens (tertiary/aromatic N) is 3. The lowest BCUT2D eigenvalue weighted by molar-refractivity contribution is -0.120. The standard InChI is InChI=1S/C15H25ClN4O/c1-7-20(8-12(21)17-10(4)5)15-11(6)13(16)18-14(19-15)9(2)3/h9-10H,7-8H2,1-6H3,(H,17,21). The Hall–Kier alpha value is -1.36.